The van der Waals surface area contributed by atoms with Gasteiger partial charge in [0, 0.05) is 35.6 Å². The van der Waals surface area contributed by atoms with E-state index in [0.29, 0.717) is 57.9 Å². The van der Waals surface area contributed by atoms with Gasteiger partial charge in [-0.2, -0.15) is 13.1 Å². The Morgan fingerprint density at radius 2 is 1.93 bits per heavy atom. The van der Waals surface area contributed by atoms with Crippen molar-refractivity contribution in [3.63, 3.8) is 0 Å². The topological polar surface area (TPSA) is 128 Å². The molecule has 11 nitrogen and oxygen atoms in total. The van der Waals surface area contributed by atoms with Crippen LogP contribution in [0.1, 0.15) is 48.7 Å². The van der Waals surface area contributed by atoms with E-state index in [0.717, 1.165) is 37.6 Å². The standard InChI is InChI=1S/C30H35F2N7O4S/c1-15-9-20-13-21(33)27(15)38(20)29(40)19-11-24-34-26(16(2)37(24)25(12-19)43-3)22-10-18-7-8-23(39(30(31)32)44(4,41)42)35-28(18)36(22)14-17-5-6-17/h7-8,10-12,15,17,20-21,27,30H,5-6,9,13-14,33H2,1-4H3/t15?,20-,21+,27+/m0/s1. The first kappa shape index (κ1) is 29.0. The Labute approximate surface area is 253 Å². The van der Waals surface area contributed by atoms with Crippen LogP contribution in [0.5, 0.6) is 5.88 Å². The number of fused-ring (bicyclic) bond motifs is 4. The van der Waals surface area contributed by atoms with Gasteiger partial charge in [-0.3, -0.25) is 9.20 Å². The molecule has 1 unspecified atom stereocenters. The summed E-state index contributed by atoms with van der Waals surface area (Å²) in [6.07, 6.45) is 4.52. The molecule has 3 fully saturated rings. The number of pyridine rings is 2. The van der Waals surface area contributed by atoms with E-state index in [9.17, 15) is 22.0 Å². The molecular formula is C30H35F2N7O4S. The predicted molar refractivity (Wildman–Crippen MR) is 161 cm³/mol. The van der Waals surface area contributed by atoms with Crippen LogP contribution in [0.4, 0.5) is 14.6 Å². The number of halogens is 2. The SMILES string of the molecule is COc1cc(C(=O)N2[C@H]3CC(C)[C@@H]2[C@H](N)C3)cc2nc(-c3cc4ccc(N(C(F)F)S(C)(=O)=O)nc4n3CC3CC3)c(C)n12. The molecule has 3 aliphatic rings. The van der Waals surface area contributed by atoms with E-state index in [1.54, 1.807) is 25.3 Å². The lowest BCUT2D eigenvalue weighted by molar-refractivity contribution is 0.0715. The third-order valence-electron chi connectivity index (χ3n) is 9.40. The largest absolute Gasteiger partial charge is 0.482 e. The number of ether oxygens (including phenoxy) is 1. The number of carbonyl (C=O) groups is 1. The van der Waals surface area contributed by atoms with Crippen LogP contribution in [-0.4, -0.2) is 76.2 Å². The summed E-state index contributed by atoms with van der Waals surface area (Å²) < 4.78 is 61.6. The van der Waals surface area contributed by atoms with E-state index in [4.69, 9.17) is 15.5 Å². The Balaban J connectivity index is 1.35. The van der Waals surface area contributed by atoms with Crippen LogP contribution in [0, 0.1) is 18.8 Å². The van der Waals surface area contributed by atoms with Crippen molar-refractivity contribution in [2.75, 3.05) is 17.7 Å². The number of nitrogens with two attached hydrogens (primary N) is 1. The molecule has 7 rings (SSSR count). The number of imidazole rings is 1. The number of rotatable bonds is 8. The minimum atomic E-state index is -4.27. The van der Waals surface area contributed by atoms with Gasteiger partial charge in [0.25, 0.3) is 5.91 Å². The Morgan fingerprint density at radius 3 is 2.55 bits per heavy atom. The maximum atomic E-state index is 13.8. The number of carbonyl (C=O) groups excluding carboxylic acids is 1. The van der Waals surface area contributed by atoms with Crippen molar-refractivity contribution < 1.29 is 26.7 Å². The predicted octanol–water partition coefficient (Wildman–Crippen LogP) is 4.02. The van der Waals surface area contributed by atoms with Crippen LogP contribution in [0.3, 0.4) is 0 Å². The van der Waals surface area contributed by atoms with Crippen molar-refractivity contribution in [3.8, 4) is 17.3 Å². The number of nitrogens with zero attached hydrogens (tertiary/aromatic N) is 6. The van der Waals surface area contributed by atoms with Crippen LogP contribution >= 0.6 is 0 Å². The first-order valence-electron chi connectivity index (χ1n) is 14.8. The second kappa shape index (κ2) is 10.1. The number of hydrogen-bond acceptors (Lipinski definition) is 7. The number of alkyl halides is 2. The molecule has 1 amide bonds. The normalized spacial score (nSPS) is 23.4. The van der Waals surface area contributed by atoms with Crippen molar-refractivity contribution in [3.05, 3.63) is 41.6 Å². The summed E-state index contributed by atoms with van der Waals surface area (Å²) in [5.74, 6) is 0.743. The number of aromatic nitrogens is 4. The Morgan fingerprint density at radius 1 is 1.18 bits per heavy atom. The van der Waals surface area contributed by atoms with Gasteiger partial charge >= 0.3 is 6.55 Å². The first-order valence-corrected chi connectivity index (χ1v) is 16.7. The second-order valence-electron chi connectivity index (χ2n) is 12.5. The molecule has 2 N–H and O–H groups in total. The molecule has 44 heavy (non-hydrogen) atoms. The summed E-state index contributed by atoms with van der Waals surface area (Å²) in [4.78, 5) is 25.2. The molecule has 2 aliphatic heterocycles. The van der Waals surface area contributed by atoms with Crippen molar-refractivity contribution >= 4 is 38.4 Å². The fraction of sp³-hybridized carbons (Fsp3) is 0.500. The van der Waals surface area contributed by atoms with E-state index in [1.165, 1.54) is 6.07 Å². The van der Waals surface area contributed by atoms with Gasteiger partial charge < -0.3 is 19.9 Å². The van der Waals surface area contributed by atoms with Gasteiger partial charge in [0.2, 0.25) is 10.0 Å². The van der Waals surface area contributed by atoms with E-state index >= 15 is 0 Å². The average Bonchev–Trinajstić information content (AvgIpc) is 3.35. The summed E-state index contributed by atoms with van der Waals surface area (Å²) in [5, 5.41) is 0.668. The number of sulfonamides is 1. The quantitative estimate of drug-likeness (QED) is 0.292. The van der Waals surface area contributed by atoms with Gasteiger partial charge in [0.1, 0.15) is 22.8 Å². The molecule has 0 spiro atoms. The Bertz CT molecular complexity index is 1910. The number of methoxy groups -OCH3 is 1. The number of amides is 1. The summed E-state index contributed by atoms with van der Waals surface area (Å²) in [5.41, 5.74) is 9.89. The Kier molecular flexibility index (Phi) is 6.66. The van der Waals surface area contributed by atoms with Crippen molar-refractivity contribution in [2.45, 2.75) is 70.8 Å². The van der Waals surface area contributed by atoms with E-state index < -0.39 is 16.6 Å². The van der Waals surface area contributed by atoms with Gasteiger partial charge in [0.15, 0.2) is 5.88 Å². The highest BCUT2D eigenvalue weighted by Gasteiger charge is 2.51. The van der Waals surface area contributed by atoms with Crippen molar-refractivity contribution in [2.24, 2.45) is 17.6 Å². The molecule has 6 heterocycles. The first-order chi connectivity index (χ1) is 20.9. The van der Waals surface area contributed by atoms with Crippen LogP contribution in [-0.2, 0) is 16.6 Å². The van der Waals surface area contributed by atoms with E-state index in [-0.39, 0.29) is 34.2 Å². The molecular weight excluding hydrogens is 592 g/mol. The summed E-state index contributed by atoms with van der Waals surface area (Å²) in [6.45, 7) is 1.35. The van der Waals surface area contributed by atoms with Crippen LogP contribution in [0.15, 0.2) is 30.3 Å². The van der Waals surface area contributed by atoms with Crippen molar-refractivity contribution in [1.29, 1.82) is 0 Å². The second-order valence-corrected chi connectivity index (χ2v) is 14.4. The molecule has 0 aromatic carbocycles. The fourth-order valence-electron chi connectivity index (χ4n) is 7.33. The summed E-state index contributed by atoms with van der Waals surface area (Å²) >= 11 is 0. The molecule has 4 atom stereocenters. The third-order valence-corrected chi connectivity index (χ3v) is 10.5. The summed E-state index contributed by atoms with van der Waals surface area (Å²) in [6, 6.07) is 8.37. The highest BCUT2D eigenvalue weighted by atomic mass is 32.2. The average molecular weight is 628 g/mol. The van der Waals surface area contributed by atoms with Gasteiger partial charge in [-0.15, -0.1) is 0 Å². The molecule has 0 radical (unpaired) electrons. The smallest absolute Gasteiger partial charge is 0.329 e. The molecule has 1 aliphatic carbocycles. The van der Waals surface area contributed by atoms with Gasteiger partial charge in [0.05, 0.1) is 30.8 Å². The van der Waals surface area contributed by atoms with Gasteiger partial charge in [-0.25, -0.2) is 18.4 Å². The Hall–Kier alpha value is -3.78. The van der Waals surface area contributed by atoms with E-state index in [2.05, 4.69) is 11.9 Å². The molecule has 2 bridgehead atoms. The van der Waals surface area contributed by atoms with Crippen LogP contribution < -0.4 is 14.8 Å². The lowest BCUT2D eigenvalue weighted by Gasteiger charge is -2.26. The fourth-order valence-corrected chi connectivity index (χ4v) is 8.06. The molecule has 234 valence electrons. The monoisotopic (exact) mass is 627 g/mol. The van der Waals surface area contributed by atoms with Crippen LogP contribution in [0.2, 0.25) is 0 Å². The van der Waals surface area contributed by atoms with Gasteiger partial charge in [-0.1, -0.05) is 6.92 Å². The zero-order valence-corrected chi connectivity index (χ0v) is 25.8. The minimum absolute atomic E-state index is 0.00553. The van der Waals surface area contributed by atoms with Gasteiger partial charge in [-0.05, 0) is 68.7 Å². The zero-order chi connectivity index (χ0) is 31.2. The molecule has 1 saturated carbocycles. The molecule has 4 aromatic rings. The highest BCUT2D eigenvalue weighted by Crippen LogP contribution is 2.42. The summed E-state index contributed by atoms with van der Waals surface area (Å²) in [7, 11) is -2.72. The molecule has 14 heteroatoms. The van der Waals surface area contributed by atoms with E-state index in [1.807, 2.05) is 26.9 Å². The third kappa shape index (κ3) is 4.52. The highest BCUT2D eigenvalue weighted by molar-refractivity contribution is 7.92. The number of hydrogen-bond donors (Lipinski definition) is 1. The maximum Gasteiger partial charge on any atom is 0.329 e. The lowest BCUT2D eigenvalue weighted by Crippen LogP contribution is -2.43. The number of aryl methyl sites for hydroxylation is 1. The van der Waals surface area contributed by atoms with Crippen LogP contribution in [0.25, 0.3) is 28.1 Å². The minimum Gasteiger partial charge on any atom is -0.482 e. The van der Waals surface area contributed by atoms with Crippen molar-refractivity contribution in [1.82, 2.24) is 23.8 Å². The maximum absolute atomic E-state index is 13.8. The number of anilines is 1. The lowest BCUT2D eigenvalue weighted by atomic mass is 9.87. The molecule has 4 aromatic heterocycles. The zero-order valence-electron chi connectivity index (χ0n) is 24.9. The molecule has 2 saturated heterocycles.